The number of hydrogen-bond acceptors (Lipinski definition) is 4. The van der Waals surface area contributed by atoms with E-state index in [0.717, 1.165) is 23.4 Å². The third kappa shape index (κ3) is 3.42. The van der Waals surface area contributed by atoms with Gasteiger partial charge in [0.15, 0.2) is 0 Å². The van der Waals surface area contributed by atoms with E-state index in [1.165, 1.54) is 17.1 Å². The summed E-state index contributed by atoms with van der Waals surface area (Å²) >= 11 is 3.95. The van der Waals surface area contributed by atoms with E-state index >= 15 is 0 Å². The first-order chi connectivity index (χ1) is 11.8. The van der Waals surface area contributed by atoms with Crippen molar-refractivity contribution in [3.05, 3.63) is 59.7 Å². The van der Waals surface area contributed by atoms with E-state index in [1.807, 2.05) is 59.9 Å². The Hall–Kier alpha value is -1.59. The van der Waals surface area contributed by atoms with E-state index in [0.29, 0.717) is 11.2 Å². The Kier molecular flexibility index (Phi) is 4.72. The van der Waals surface area contributed by atoms with Gasteiger partial charge in [0.2, 0.25) is 5.91 Å². The molecule has 1 saturated heterocycles. The number of para-hydroxylation sites is 1. The molecular weight excluding hydrogens is 338 g/mol. The van der Waals surface area contributed by atoms with Crippen LogP contribution in [-0.4, -0.2) is 24.0 Å². The Morgan fingerprint density at radius 3 is 2.79 bits per heavy atom. The molecule has 0 spiro atoms. The molecule has 0 aliphatic carbocycles. The first-order valence-electron chi connectivity index (χ1n) is 8.14. The Morgan fingerprint density at radius 2 is 1.92 bits per heavy atom. The number of carbonyl (C=O) groups is 1. The predicted octanol–water partition coefficient (Wildman–Crippen LogP) is 4.36. The highest BCUT2D eigenvalue weighted by atomic mass is 32.2. The van der Waals surface area contributed by atoms with Gasteiger partial charge in [0, 0.05) is 17.2 Å². The molecule has 24 heavy (non-hydrogen) atoms. The number of thioether (sulfide) groups is 2. The molecule has 0 bridgehead atoms. The first kappa shape index (κ1) is 15.9. The lowest BCUT2D eigenvalue weighted by atomic mass is 9.96. The van der Waals surface area contributed by atoms with Gasteiger partial charge in [-0.15, -0.1) is 23.5 Å². The largest absolute Gasteiger partial charge is 0.492 e. The molecule has 0 aromatic heterocycles. The summed E-state index contributed by atoms with van der Waals surface area (Å²) < 4.78 is 6.22. The quantitative estimate of drug-likeness (QED) is 0.886. The molecule has 1 unspecified atom stereocenters. The van der Waals surface area contributed by atoms with Crippen molar-refractivity contribution in [1.29, 1.82) is 0 Å². The van der Waals surface area contributed by atoms with Gasteiger partial charge in [-0.05, 0) is 35.7 Å². The van der Waals surface area contributed by atoms with Gasteiger partial charge < -0.3 is 10.1 Å². The fourth-order valence-electron chi connectivity index (χ4n) is 3.05. The molecule has 2 heterocycles. The van der Waals surface area contributed by atoms with E-state index in [1.54, 1.807) is 0 Å². The van der Waals surface area contributed by atoms with Crippen molar-refractivity contribution < 1.29 is 9.53 Å². The summed E-state index contributed by atoms with van der Waals surface area (Å²) in [4.78, 5) is 12.6. The third-order valence-corrected chi connectivity index (χ3v) is 7.40. The molecular formula is C19H19NO2S2. The lowest BCUT2D eigenvalue weighted by Gasteiger charge is -2.24. The Bertz CT molecular complexity index is 744. The van der Waals surface area contributed by atoms with Gasteiger partial charge >= 0.3 is 0 Å². The average Bonchev–Trinajstić information content (AvgIpc) is 3.16. The highest BCUT2D eigenvalue weighted by Crippen LogP contribution is 2.45. The zero-order valence-corrected chi connectivity index (χ0v) is 14.9. The minimum absolute atomic E-state index is 0.0355. The molecule has 3 nitrogen and oxygen atoms in total. The second-order valence-electron chi connectivity index (χ2n) is 6.01. The van der Waals surface area contributed by atoms with Crippen LogP contribution in [0.15, 0.2) is 48.5 Å². The maximum Gasteiger partial charge on any atom is 0.231 e. The number of fused-ring (bicyclic) bond motifs is 1. The van der Waals surface area contributed by atoms with Crippen molar-refractivity contribution in [1.82, 2.24) is 0 Å². The van der Waals surface area contributed by atoms with E-state index < -0.39 is 0 Å². The summed E-state index contributed by atoms with van der Waals surface area (Å²) in [5.74, 6) is 3.20. The average molecular weight is 358 g/mol. The molecule has 1 fully saturated rings. The van der Waals surface area contributed by atoms with Crippen LogP contribution in [0.2, 0.25) is 0 Å². The number of amides is 1. The lowest BCUT2D eigenvalue weighted by molar-refractivity contribution is -0.121. The second kappa shape index (κ2) is 7.11. The third-order valence-electron chi connectivity index (χ3n) is 4.30. The number of anilines is 1. The summed E-state index contributed by atoms with van der Waals surface area (Å²) in [5, 5.41) is 3.07. The second-order valence-corrected chi connectivity index (χ2v) is 8.73. The highest BCUT2D eigenvalue weighted by Gasteiger charge is 2.26. The highest BCUT2D eigenvalue weighted by molar-refractivity contribution is 8.19. The number of ether oxygens (including phenoxy) is 1. The van der Waals surface area contributed by atoms with Crippen LogP contribution in [0.1, 0.15) is 15.7 Å². The number of benzene rings is 2. The van der Waals surface area contributed by atoms with Gasteiger partial charge in [-0.25, -0.2) is 0 Å². The van der Waals surface area contributed by atoms with Crippen LogP contribution in [0.4, 0.5) is 5.69 Å². The molecule has 5 heteroatoms. The number of rotatable bonds is 3. The zero-order valence-electron chi connectivity index (χ0n) is 13.2. The van der Waals surface area contributed by atoms with Crippen LogP contribution in [0.25, 0.3) is 0 Å². The lowest BCUT2D eigenvalue weighted by Crippen LogP contribution is -2.32. The SMILES string of the molecule is O=C(Nc1cccc(C2SCCS2)c1)C1COc2ccccc2C1. The van der Waals surface area contributed by atoms with Gasteiger partial charge in [-0.3, -0.25) is 4.79 Å². The summed E-state index contributed by atoms with van der Waals surface area (Å²) in [6.45, 7) is 0.441. The molecule has 1 amide bonds. The topological polar surface area (TPSA) is 38.3 Å². The molecule has 0 saturated carbocycles. The van der Waals surface area contributed by atoms with Gasteiger partial charge in [0.05, 0.1) is 10.5 Å². The molecule has 2 aromatic rings. The van der Waals surface area contributed by atoms with E-state index in [9.17, 15) is 4.79 Å². The van der Waals surface area contributed by atoms with Crippen molar-refractivity contribution in [2.75, 3.05) is 23.4 Å². The molecule has 2 aliphatic heterocycles. The standard InChI is InChI=1S/C19H19NO2S2/c21-18(15-10-13-4-1-2-7-17(13)22-12-15)20-16-6-3-5-14(11-16)19-23-8-9-24-19/h1-7,11,15,19H,8-10,12H2,(H,20,21). The fraction of sp³-hybridized carbons (Fsp3) is 0.316. The van der Waals surface area contributed by atoms with E-state index in [-0.39, 0.29) is 11.8 Å². The Balaban J connectivity index is 1.44. The molecule has 4 rings (SSSR count). The molecule has 1 N–H and O–H groups in total. The predicted molar refractivity (Wildman–Crippen MR) is 102 cm³/mol. The van der Waals surface area contributed by atoms with Crippen molar-refractivity contribution >= 4 is 35.1 Å². The van der Waals surface area contributed by atoms with Crippen LogP contribution in [0.5, 0.6) is 5.75 Å². The molecule has 124 valence electrons. The summed E-state index contributed by atoms with van der Waals surface area (Å²) in [5.41, 5.74) is 3.27. The van der Waals surface area contributed by atoms with Crippen molar-refractivity contribution in [3.63, 3.8) is 0 Å². The fourth-order valence-corrected chi connectivity index (χ4v) is 5.89. The van der Waals surface area contributed by atoms with Gasteiger partial charge in [0.25, 0.3) is 0 Å². The Morgan fingerprint density at radius 1 is 1.08 bits per heavy atom. The maximum absolute atomic E-state index is 12.6. The first-order valence-corrected chi connectivity index (χ1v) is 10.2. The van der Waals surface area contributed by atoms with E-state index in [2.05, 4.69) is 17.4 Å². The van der Waals surface area contributed by atoms with Gasteiger partial charge in [-0.1, -0.05) is 30.3 Å². The number of carbonyl (C=O) groups excluding carboxylic acids is 1. The molecule has 1 atom stereocenters. The van der Waals surface area contributed by atoms with Crippen LogP contribution < -0.4 is 10.1 Å². The van der Waals surface area contributed by atoms with Crippen LogP contribution in [-0.2, 0) is 11.2 Å². The number of nitrogens with one attached hydrogen (secondary N) is 1. The van der Waals surface area contributed by atoms with Gasteiger partial charge in [0.1, 0.15) is 12.4 Å². The van der Waals surface area contributed by atoms with Crippen LogP contribution in [0.3, 0.4) is 0 Å². The minimum Gasteiger partial charge on any atom is -0.492 e. The van der Waals surface area contributed by atoms with Crippen LogP contribution in [0, 0.1) is 5.92 Å². The van der Waals surface area contributed by atoms with Gasteiger partial charge in [-0.2, -0.15) is 0 Å². The smallest absolute Gasteiger partial charge is 0.231 e. The molecule has 2 aliphatic rings. The number of hydrogen-bond donors (Lipinski definition) is 1. The monoisotopic (exact) mass is 357 g/mol. The summed E-state index contributed by atoms with van der Waals surface area (Å²) in [6, 6.07) is 16.2. The van der Waals surface area contributed by atoms with Crippen molar-refractivity contribution in [2.24, 2.45) is 5.92 Å². The molecule has 2 aromatic carbocycles. The zero-order chi connectivity index (χ0) is 16.4. The van der Waals surface area contributed by atoms with Crippen LogP contribution >= 0.6 is 23.5 Å². The van der Waals surface area contributed by atoms with Crippen molar-refractivity contribution in [2.45, 2.75) is 11.0 Å². The summed E-state index contributed by atoms with van der Waals surface area (Å²) in [6.07, 6.45) is 0.732. The maximum atomic E-state index is 12.6. The Labute approximate surface area is 150 Å². The van der Waals surface area contributed by atoms with Crippen molar-refractivity contribution in [3.8, 4) is 5.75 Å². The molecule has 0 radical (unpaired) electrons. The van der Waals surface area contributed by atoms with E-state index in [4.69, 9.17) is 4.74 Å². The summed E-state index contributed by atoms with van der Waals surface area (Å²) in [7, 11) is 0. The normalized spacial score (nSPS) is 20.2. The minimum atomic E-state index is -0.140.